The Kier molecular flexibility index (Phi) is 7.95. The van der Waals surface area contributed by atoms with Crippen molar-refractivity contribution in [1.82, 2.24) is 10.9 Å². The Labute approximate surface area is 163 Å². The van der Waals surface area contributed by atoms with E-state index < -0.39 is 16.7 Å². The van der Waals surface area contributed by atoms with Crippen LogP contribution in [-0.4, -0.2) is 23.3 Å². The zero-order valence-electron chi connectivity index (χ0n) is 15.6. The summed E-state index contributed by atoms with van der Waals surface area (Å²) >= 11 is 0. The largest absolute Gasteiger partial charge is 0.493 e. The van der Waals surface area contributed by atoms with E-state index in [0.29, 0.717) is 12.4 Å². The van der Waals surface area contributed by atoms with Crippen LogP contribution in [0.1, 0.15) is 53.3 Å². The molecule has 0 heterocycles. The molecule has 2 amide bonds. The summed E-state index contributed by atoms with van der Waals surface area (Å²) in [6.07, 6.45) is 4.22. The van der Waals surface area contributed by atoms with Crippen LogP contribution in [0, 0.1) is 10.1 Å². The van der Waals surface area contributed by atoms with Crippen LogP contribution < -0.4 is 15.6 Å². The monoisotopic (exact) mass is 385 g/mol. The van der Waals surface area contributed by atoms with Gasteiger partial charge in [-0.15, -0.1) is 0 Å². The molecule has 2 N–H and O–H groups in total. The third kappa shape index (κ3) is 6.08. The lowest BCUT2D eigenvalue weighted by Gasteiger charge is -2.12. The van der Waals surface area contributed by atoms with Crippen molar-refractivity contribution in [3.05, 3.63) is 69.8 Å². The Bertz CT molecular complexity index is 838. The second kappa shape index (κ2) is 10.7. The first-order chi connectivity index (χ1) is 13.5. The molecule has 0 bridgehead atoms. The van der Waals surface area contributed by atoms with Gasteiger partial charge in [0.1, 0.15) is 5.75 Å². The molecule has 0 saturated carbocycles. The summed E-state index contributed by atoms with van der Waals surface area (Å²) in [5.74, 6) is -0.765. The fraction of sp³-hybridized carbons (Fsp3) is 0.300. The lowest BCUT2D eigenvalue weighted by atomic mass is 10.2. The number of hydrazine groups is 1. The third-order valence-electron chi connectivity index (χ3n) is 4.00. The van der Waals surface area contributed by atoms with Gasteiger partial charge in [-0.25, -0.2) is 0 Å². The van der Waals surface area contributed by atoms with Crippen molar-refractivity contribution in [2.45, 2.75) is 32.6 Å². The van der Waals surface area contributed by atoms with Crippen LogP contribution in [0.3, 0.4) is 0 Å². The number of nitrogens with zero attached hydrogens (tertiary/aromatic N) is 1. The minimum Gasteiger partial charge on any atom is -0.493 e. The maximum Gasteiger partial charge on any atom is 0.273 e. The number of nitro benzene ring substituents is 1. The zero-order valence-corrected chi connectivity index (χ0v) is 15.6. The summed E-state index contributed by atoms with van der Waals surface area (Å²) < 4.78 is 5.69. The van der Waals surface area contributed by atoms with Gasteiger partial charge in [0.2, 0.25) is 0 Å². The number of unbranched alkanes of at least 4 members (excludes halogenated alkanes) is 3. The molecule has 0 aromatic heterocycles. The summed E-state index contributed by atoms with van der Waals surface area (Å²) in [6, 6.07) is 12.0. The lowest BCUT2D eigenvalue weighted by molar-refractivity contribution is -0.384. The first-order valence-corrected chi connectivity index (χ1v) is 9.10. The van der Waals surface area contributed by atoms with Gasteiger partial charge in [-0.3, -0.25) is 30.6 Å². The molecular formula is C20H23N3O5. The molecule has 2 aromatic carbocycles. The Morgan fingerprint density at radius 2 is 1.75 bits per heavy atom. The van der Waals surface area contributed by atoms with Crippen LogP contribution in [0.25, 0.3) is 0 Å². The van der Waals surface area contributed by atoms with E-state index in [1.807, 2.05) is 0 Å². The highest BCUT2D eigenvalue weighted by Gasteiger charge is 2.15. The first kappa shape index (κ1) is 20.9. The predicted octanol–water partition coefficient (Wildman–Crippen LogP) is 3.63. The Morgan fingerprint density at radius 1 is 1.00 bits per heavy atom. The second-order valence-corrected chi connectivity index (χ2v) is 6.12. The van der Waals surface area contributed by atoms with Crippen LogP contribution in [-0.2, 0) is 0 Å². The van der Waals surface area contributed by atoms with Crippen LogP contribution in [0.2, 0.25) is 0 Å². The van der Waals surface area contributed by atoms with Crippen molar-refractivity contribution in [2.75, 3.05) is 6.61 Å². The Morgan fingerprint density at radius 3 is 2.50 bits per heavy atom. The molecule has 0 aliphatic heterocycles. The molecule has 0 radical (unpaired) electrons. The van der Waals surface area contributed by atoms with Gasteiger partial charge < -0.3 is 4.74 Å². The summed E-state index contributed by atoms with van der Waals surface area (Å²) in [6.45, 7) is 2.63. The number of nitrogens with one attached hydrogen (secondary N) is 2. The number of nitro groups is 1. The fourth-order valence-electron chi connectivity index (χ4n) is 2.50. The maximum absolute atomic E-state index is 12.4. The molecule has 28 heavy (non-hydrogen) atoms. The molecular weight excluding hydrogens is 362 g/mol. The van der Waals surface area contributed by atoms with Gasteiger partial charge in [0.25, 0.3) is 17.5 Å². The fourth-order valence-corrected chi connectivity index (χ4v) is 2.50. The number of para-hydroxylation sites is 1. The predicted molar refractivity (Wildman–Crippen MR) is 104 cm³/mol. The third-order valence-corrected chi connectivity index (χ3v) is 4.00. The van der Waals surface area contributed by atoms with Crippen molar-refractivity contribution < 1.29 is 19.2 Å². The van der Waals surface area contributed by atoms with Crippen molar-refractivity contribution in [3.8, 4) is 5.75 Å². The quantitative estimate of drug-likeness (QED) is 0.389. The Hall–Kier alpha value is -3.42. The van der Waals surface area contributed by atoms with Crippen molar-refractivity contribution in [2.24, 2.45) is 0 Å². The topological polar surface area (TPSA) is 111 Å². The van der Waals surface area contributed by atoms with Gasteiger partial charge in [0.15, 0.2) is 0 Å². The number of benzene rings is 2. The number of non-ortho nitro benzene ring substituents is 1. The van der Waals surface area contributed by atoms with Crippen LogP contribution in [0.15, 0.2) is 48.5 Å². The van der Waals surface area contributed by atoms with Crippen LogP contribution >= 0.6 is 0 Å². The molecule has 0 aliphatic carbocycles. The molecule has 0 unspecified atom stereocenters. The lowest BCUT2D eigenvalue weighted by Crippen LogP contribution is -2.41. The van der Waals surface area contributed by atoms with Gasteiger partial charge in [0.05, 0.1) is 17.1 Å². The number of ether oxygens (including phenoxy) is 1. The highest BCUT2D eigenvalue weighted by molar-refractivity contribution is 6.00. The van der Waals surface area contributed by atoms with E-state index in [1.165, 1.54) is 18.2 Å². The van der Waals surface area contributed by atoms with E-state index in [4.69, 9.17) is 4.74 Å². The van der Waals surface area contributed by atoms with Gasteiger partial charge in [-0.05, 0) is 24.6 Å². The number of hydrogen-bond donors (Lipinski definition) is 2. The molecule has 0 spiro atoms. The first-order valence-electron chi connectivity index (χ1n) is 9.10. The number of hydrogen-bond acceptors (Lipinski definition) is 5. The van der Waals surface area contributed by atoms with E-state index in [0.717, 1.165) is 31.7 Å². The highest BCUT2D eigenvalue weighted by Crippen LogP contribution is 2.18. The SMILES string of the molecule is CCCCCCOc1ccccc1C(=O)NNC(=O)c1cccc([N+](=O)[O-])c1. The number of carbonyl (C=O) groups excluding carboxylic acids is 2. The van der Waals surface area contributed by atoms with Gasteiger partial charge in [-0.1, -0.05) is 44.4 Å². The van der Waals surface area contributed by atoms with Crippen molar-refractivity contribution in [3.63, 3.8) is 0 Å². The number of rotatable bonds is 9. The molecule has 0 fully saturated rings. The molecule has 0 aliphatic rings. The summed E-state index contributed by atoms with van der Waals surface area (Å²) in [5, 5.41) is 10.8. The van der Waals surface area contributed by atoms with Gasteiger partial charge in [0, 0.05) is 17.7 Å². The molecule has 0 atom stereocenters. The minimum absolute atomic E-state index is 0.0648. The standard InChI is InChI=1S/C20H23N3O5/c1-2-3-4-7-13-28-18-12-6-5-11-17(18)20(25)22-21-19(24)15-9-8-10-16(14-15)23(26)27/h5-6,8-12,14H,2-4,7,13H2,1H3,(H,21,24)(H,22,25). The van der Waals surface area contributed by atoms with Gasteiger partial charge in [-0.2, -0.15) is 0 Å². The Balaban J connectivity index is 1.95. The number of carbonyl (C=O) groups is 2. The average molecular weight is 385 g/mol. The molecule has 8 nitrogen and oxygen atoms in total. The van der Waals surface area contributed by atoms with Gasteiger partial charge >= 0.3 is 0 Å². The molecule has 2 rings (SSSR count). The normalized spacial score (nSPS) is 10.2. The maximum atomic E-state index is 12.4. The zero-order chi connectivity index (χ0) is 20.4. The molecule has 2 aromatic rings. The minimum atomic E-state index is -0.657. The molecule has 8 heteroatoms. The summed E-state index contributed by atoms with van der Waals surface area (Å²) in [4.78, 5) is 34.7. The van der Waals surface area contributed by atoms with Crippen LogP contribution in [0.4, 0.5) is 5.69 Å². The smallest absolute Gasteiger partial charge is 0.273 e. The number of amides is 2. The van der Waals surface area contributed by atoms with Crippen LogP contribution in [0.5, 0.6) is 5.75 Å². The highest BCUT2D eigenvalue weighted by atomic mass is 16.6. The van der Waals surface area contributed by atoms with E-state index in [1.54, 1.807) is 24.3 Å². The van der Waals surface area contributed by atoms with Crippen molar-refractivity contribution >= 4 is 17.5 Å². The molecule has 0 saturated heterocycles. The van der Waals surface area contributed by atoms with E-state index in [2.05, 4.69) is 17.8 Å². The van der Waals surface area contributed by atoms with E-state index in [9.17, 15) is 19.7 Å². The average Bonchev–Trinajstić information content (AvgIpc) is 2.72. The summed E-state index contributed by atoms with van der Waals surface area (Å²) in [7, 11) is 0. The summed E-state index contributed by atoms with van der Waals surface area (Å²) in [5.41, 5.74) is 4.71. The van der Waals surface area contributed by atoms with E-state index >= 15 is 0 Å². The van der Waals surface area contributed by atoms with E-state index in [-0.39, 0.29) is 16.8 Å². The van der Waals surface area contributed by atoms with Crippen molar-refractivity contribution in [1.29, 1.82) is 0 Å². The second-order valence-electron chi connectivity index (χ2n) is 6.12. The molecule has 148 valence electrons.